The molecule has 0 saturated heterocycles. The van der Waals surface area contributed by atoms with Gasteiger partial charge in [-0.2, -0.15) is 5.10 Å². The van der Waals surface area contributed by atoms with Gasteiger partial charge in [0.15, 0.2) is 12.0 Å². The summed E-state index contributed by atoms with van der Waals surface area (Å²) < 4.78 is 0. The fourth-order valence-corrected chi connectivity index (χ4v) is 3.38. The van der Waals surface area contributed by atoms with Crippen LogP contribution in [0.4, 0.5) is 17.3 Å². The zero-order valence-corrected chi connectivity index (χ0v) is 17.1. The summed E-state index contributed by atoms with van der Waals surface area (Å²) in [7, 11) is 0. The number of primary amides is 1. The number of anilines is 3. The molecule has 10 heteroatoms. The molecule has 8 nitrogen and oxygen atoms in total. The molecular formula is C20H17Cl2N7O. The maximum atomic E-state index is 12.0. The van der Waals surface area contributed by atoms with Crippen molar-refractivity contribution in [3.8, 4) is 0 Å². The van der Waals surface area contributed by atoms with E-state index >= 15 is 0 Å². The summed E-state index contributed by atoms with van der Waals surface area (Å²) >= 11 is 12.3. The van der Waals surface area contributed by atoms with Crippen molar-refractivity contribution >= 4 is 57.3 Å². The molecule has 1 atom stereocenters. The van der Waals surface area contributed by atoms with Crippen molar-refractivity contribution in [3.63, 3.8) is 0 Å². The lowest BCUT2D eigenvalue weighted by molar-refractivity contribution is 0.100. The van der Waals surface area contributed by atoms with Gasteiger partial charge in [0.25, 0.3) is 5.91 Å². The number of aromatic amines is 1. The van der Waals surface area contributed by atoms with Crippen LogP contribution in [0.15, 0.2) is 64.6 Å². The summed E-state index contributed by atoms with van der Waals surface area (Å²) in [6.07, 6.45) is -0.384. The van der Waals surface area contributed by atoms with Gasteiger partial charge in [-0.3, -0.25) is 14.9 Å². The van der Waals surface area contributed by atoms with E-state index in [4.69, 9.17) is 28.9 Å². The zero-order chi connectivity index (χ0) is 21.1. The third-order valence-electron chi connectivity index (χ3n) is 4.38. The van der Waals surface area contributed by atoms with Gasteiger partial charge in [0.1, 0.15) is 16.6 Å². The topological polar surface area (TPSA) is 121 Å². The van der Waals surface area contributed by atoms with Crippen molar-refractivity contribution in [2.75, 3.05) is 17.2 Å². The van der Waals surface area contributed by atoms with Crippen molar-refractivity contribution < 1.29 is 4.79 Å². The van der Waals surface area contributed by atoms with Crippen LogP contribution in [-0.4, -0.2) is 33.5 Å². The molecule has 0 aliphatic carbocycles. The molecular weight excluding hydrogens is 425 g/mol. The Balaban J connectivity index is 1.51. The second-order valence-corrected chi connectivity index (χ2v) is 7.25. The van der Waals surface area contributed by atoms with Crippen molar-refractivity contribution in [1.29, 1.82) is 0 Å². The minimum absolute atomic E-state index is 0.182. The SMILES string of the molecule is NC(=O)c1c(NCC2=NC(c3ccccc3)N=C2Cl)n[nH]c1Nc1cccc(Cl)c1. The van der Waals surface area contributed by atoms with E-state index in [-0.39, 0.29) is 24.1 Å². The molecule has 1 aromatic heterocycles. The molecule has 30 heavy (non-hydrogen) atoms. The molecule has 1 aliphatic rings. The number of halogens is 2. The van der Waals surface area contributed by atoms with Crippen LogP contribution in [0.25, 0.3) is 0 Å². The smallest absolute Gasteiger partial charge is 0.256 e. The van der Waals surface area contributed by atoms with E-state index in [0.29, 0.717) is 27.4 Å². The average Bonchev–Trinajstić information content (AvgIpc) is 3.30. The Kier molecular flexibility index (Phi) is 5.69. The fraction of sp³-hybridized carbons (Fsp3) is 0.100. The highest BCUT2D eigenvalue weighted by Crippen LogP contribution is 2.27. The molecule has 152 valence electrons. The number of hydrogen-bond acceptors (Lipinski definition) is 6. The predicted octanol–water partition coefficient (Wildman–Crippen LogP) is 4.11. The molecule has 0 radical (unpaired) electrons. The highest BCUT2D eigenvalue weighted by Gasteiger charge is 2.23. The molecule has 4 rings (SSSR count). The summed E-state index contributed by atoms with van der Waals surface area (Å²) in [5, 5.41) is 13.9. The van der Waals surface area contributed by atoms with Gasteiger partial charge in [0, 0.05) is 10.7 Å². The number of nitrogens with zero attached hydrogens (tertiary/aromatic N) is 3. The summed E-state index contributed by atoms with van der Waals surface area (Å²) in [5.74, 6) is -0.0176. The van der Waals surface area contributed by atoms with Gasteiger partial charge in [0.05, 0.1) is 12.3 Å². The monoisotopic (exact) mass is 441 g/mol. The molecule has 5 N–H and O–H groups in total. The maximum absolute atomic E-state index is 12.0. The molecule has 0 bridgehead atoms. The van der Waals surface area contributed by atoms with E-state index in [9.17, 15) is 4.79 Å². The van der Waals surface area contributed by atoms with Crippen LogP contribution in [0.1, 0.15) is 22.1 Å². The van der Waals surface area contributed by atoms with Crippen LogP contribution in [0.3, 0.4) is 0 Å². The Labute approximate surface area is 182 Å². The number of nitrogens with two attached hydrogens (primary N) is 1. The lowest BCUT2D eigenvalue weighted by Crippen LogP contribution is -2.20. The molecule has 0 fully saturated rings. The summed E-state index contributed by atoms with van der Waals surface area (Å²) in [5.41, 5.74) is 7.94. The lowest BCUT2D eigenvalue weighted by atomic mass is 10.2. The van der Waals surface area contributed by atoms with Gasteiger partial charge < -0.3 is 16.4 Å². The van der Waals surface area contributed by atoms with E-state index in [0.717, 1.165) is 5.56 Å². The first-order chi connectivity index (χ1) is 14.5. The molecule has 1 unspecified atom stereocenters. The Morgan fingerprint density at radius 1 is 1.10 bits per heavy atom. The van der Waals surface area contributed by atoms with Crippen LogP contribution >= 0.6 is 23.2 Å². The minimum atomic E-state index is -0.647. The Hall–Kier alpha value is -3.36. The number of hydrogen-bond donors (Lipinski definition) is 4. The van der Waals surface area contributed by atoms with Crippen molar-refractivity contribution in [1.82, 2.24) is 10.2 Å². The number of carbonyl (C=O) groups excluding carboxylic acids is 1. The molecule has 1 aliphatic heterocycles. The number of aromatic nitrogens is 2. The second kappa shape index (κ2) is 8.56. The van der Waals surface area contributed by atoms with Crippen molar-refractivity contribution in [3.05, 3.63) is 70.7 Å². The number of rotatable bonds is 7. The van der Waals surface area contributed by atoms with Gasteiger partial charge in [0.2, 0.25) is 0 Å². The van der Waals surface area contributed by atoms with Gasteiger partial charge in [-0.15, -0.1) is 0 Å². The summed E-state index contributed by atoms with van der Waals surface area (Å²) in [6.45, 7) is 0.230. The first-order valence-electron chi connectivity index (χ1n) is 9.01. The summed E-state index contributed by atoms with van der Waals surface area (Å²) in [6, 6.07) is 16.7. The normalized spacial score (nSPS) is 15.5. The number of carbonyl (C=O) groups is 1. The number of amides is 1. The molecule has 2 aromatic carbocycles. The number of nitrogens with one attached hydrogen (secondary N) is 3. The van der Waals surface area contributed by atoms with E-state index in [1.165, 1.54) is 0 Å². The molecule has 3 aromatic rings. The first kappa shape index (κ1) is 19.9. The van der Waals surface area contributed by atoms with Crippen LogP contribution in [0, 0.1) is 0 Å². The molecule has 0 spiro atoms. The molecule has 2 heterocycles. The van der Waals surface area contributed by atoms with Crippen LogP contribution in [0.2, 0.25) is 5.02 Å². The Bertz CT molecular complexity index is 1140. The van der Waals surface area contributed by atoms with E-state index in [1.54, 1.807) is 24.3 Å². The van der Waals surface area contributed by atoms with E-state index in [2.05, 4.69) is 30.8 Å². The molecule has 1 amide bonds. The predicted molar refractivity (Wildman–Crippen MR) is 120 cm³/mol. The Morgan fingerprint density at radius 3 is 2.63 bits per heavy atom. The average molecular weight is 442 g/mol. The van der Waals surface area contributed by atoms with Gasteiger partial charge in [-0.1, -0.05) is 59.6 Å². The van der Waals surface area contributed by atoms with Crippen LogP contribution in [0.5, 0.6) is 0 Å². The van der Waals surface area contributed by atoms with Crippen molar-refractivity contribution in [2.45, 2.75) is 6.17 Å². The van der Waals surface area contributed by atoms with Gasteiger partial charge in [-0.25, -0.2) is 4.99 Å². The largest absolute Gasteiger partial charge is 0.365 e. The Morgan fingerprint density at radius 2 is 1.90 bits per heavy atom. The van der Waals surface area contributed by atoms with E-state index < -0.39 is 5.91 Å². The maximum Gasteiger partial charge on any atom is 0.256 e. The van der Waals surface area contributed by atoms with Gasteiger partial charge in [-0.05, 0) is 23.8 Å². The van der Waals surface area contributed by atoms with Crippen molar-refractivity contribution in [2.24, 2.45) is 15.7 Å². The van der Waals surface area contributed by atoms with Gasteiger partial charge >= 0.3 is 0 Å². The summed E-state index contributed by atoms with van der Waals surface area (Å²) in [4.78, 5) is 21.0. The third kappa shape index (κ3) is 4.29. The van der Waals surface area contributed by atoms with E-state index in [1.807, 2.05) is 30.3 Å². The number of H-pyrrole nitrogens is 1. The van der Waals surface area contributed by atoms with Crippen LogP contribution in [-0.2, 0) is 0 Å². The molecule has 0 saturated carbocycles. The highest BCUT2D eigenvalue weighted by atomic mass is 35.5. The lowest BCUT2D eigenvalue weighted by Gasteiger charge is -2.07. The quantitative estimate of drug-likeness (QED) is 0.440. The third-order valence-corrected chi connectivity index (χ3v) is 4.93. The minimum Gasteiger partial charge on any atom is -0.365 e. The number of benzene rings is 2. The van der Waals surface area contributed by atoms with Crippen LogP contribution < -0.4 is 16.4 Å². The zero-order valence-electron chi connectivity index (χ0n) is 15.6. The highest BCUT2D eigenvalue weighted by molar-refractivity contribution is 6.84. The fourth-order valence-electron chi connectivity index (χ4n) is 2.98. The standard InChI is InChI=1S/C20H17Cl2N7O/c21-12-7-4-8-13(9-12)25-20-15(17(23)30)19(28-29-20)24-10-14-16(22)27-18(26-14)11-5-2-1-3-6-11/h1-9,18H,10H2,(H2,23,30)(H3,24,25,28,29). The number of aliphatic imine (C=N–C) groups is 2. The first-order valence-corrected chi connectivity index (χ1v) is 9.77. The second-order valence-electron chi connectivity index (χ2n) is 6.46.